The summed E-state index contributed by atoms with van der Waals surface area (Å²) in [7, 11) is -3.54. The number of aromatic nitrogens is 1. The minimum absolute atomic E-state index is 0.0346. The van der Waals surface area contributed by atoms with E-state index < -0.39 is 9.84 Å². The van der Waals surface area contributed by atoms with Gasteiger partial charge in [0.2, 0.25) is 0 Å². The lowest BCUT2D eigenvalue weighted by Gasteiger charge is -2.09. The molecule has 0 atom stereocenters. The number of rotatable bonds is 4. The standard InChI is InChI=1S/C14H13Cl2NO2S/c1-10-12(8-15)7-13(17-14(10)16)20(18,19)9-11-5-3-2-4-6-11/h2-7H,8-9H2,1H3. The van der Waals surface area contributed by atoms with E-state index in [1.807, 2.05) is 6.07 Å². The first-order chi connectivity index (χ1) is 9.44. The average Bonchev–Trinajstić information content (AvgIpc) is 2.42. The minimum atomic E-state index is -3.54. The summed E-state index contributed by atoms with van der Waals surface area (Å²) in [4.78, 5) is 3.97. The van der Waals surface area contributed by atoms with Gasteiger partial charge in [-0.15, -0.1) is 11.6 Å². The summed E-state index contributed by atoms with van der Waals surface area (Å²) in [5.74, 6) is 0.0872. The van der Waals surface area contributed by atoms with E-state index in [1.165, 1.54) is 6.07 Å². The first-order valence-electron chi connectivity index (χ1n) is 5.92. The maximum atomic E-state index is 12.4. The molecule has 0 unspecified atom stereocenters. The summed E-state index contributed by atoms with van der Waals surface area (Å²) in [6, 6.07) is 10.4. The molecule has 0 fully saturated rings. The molecule has 0 saturated heterocycles. The summed E-state index contributed by atoms with van der Waals surface area (Å²) in [6.07, 6.45) is 0. The van der Waals surface area contributed by atoms with Gasteiger partial charge in [-0.3, -0.25) is 0 Å². The number of pyridine rings is 1. The zero-order valence-electron chi connectivity index (χ0n) is 10.8. The van der Waals surface area contributed by atoms with Crippen molar-refractivity contribution >= 4 is 33.0 Å². The van der Waals surface area contributed by atoms with Gasteiger partial charge in [-0.25, -0.2) is 13.4 Å². The van der Waals surface area contributed by atoms with E-state index in [1.54, 1.807) is 31.2 Å². The van der Waals surface area contributed by atoms with Crippen LogP contribution in [0, 0.1) is 6.92 Å². The predicted octanol–water partition coefficient (Wildman–Crippen LogP) is 3.76. The normalized spacial score (nSPS) is 11.6. The van der Waals surface area contributed by atoms with E-state index in [-0.39, 0.29) is 21.8 Å². The SMILES string of the molecule is Cc1c(CCl)cc(S(=O)(=O)Cc2ccccc2)nc1Cl. The molecule has 3 nitrogen and oxygen atoms in total. The van der Waals surface area contributed by atoms with Crippen molar-refractivity contribution in [3.05, 3.63) is 58.2 Å². The van der Waals surface area contributed by atoms with Crippen LogP contribution in [0.2, 0.25) is 5.15 Å². The van der Waals surface area contributed by atoms with Crippen LogP contribution in [0.4, 0.5) is 0 Å². The van der Waals surface area contributed by atoms with Gasteiger partial charge in [0, 0.05) is 5.88 Å². The fourth-order valence-electron chi connectivity index (χ4n) is 1.77. The molecule has 2 aromatic rings. The lowest BCUT2D eigenvalue weighted by Crippen LogP contribution is -2.09. The monoisotopic (exact) mass is 329 g/mol. The minimum Gasteiger partial charge on any atom is -0.224 e. The van der Waals surface area contributed by atoms with Crippen LogP contribution in [0.5, 0.6) is 0 Å². The highest BCUT2D eigenvalue weighted by Crippen LogP contribution is 2.24. The zero-order chi connectivity index (χ0) is 14.8. The summed E-state index contributed by atoms with van der Waals surface area (Å²) in [5, 5.41) is 0.141. The fraction of sp³-hybridized carbons (Fsp3) is 0.214. The van der Waals surface area contributed by atoms with Crippen molar-refractivity contribution in [2.45, 2.75) is 23.6 Å². The van der Waals surface area contributed by atoms with Crippen LogP contribution < -0.4 is 0 Å². The second-order valence-corrected chi connectivity index (χ2v) is 6.98. The predicted molar refractivity (Wildman–Crippen MR) is 80.9 cm³/mol. The van der Waals surface area contributed by atoms with Crippen LogP contribution >= 0.6 is 23.2 Å². The van der Waals surface area contributed by atoms with Crippen LogP contribution in [0.15, 0.2) is 41.4 Å². The van der Waals surface area contributed by atoms with Crippen LogP contribution in [-0.2, 0) is 21.5 Å². The summed E-state index contributed by atoms with van der Waals surface area (Å²) in [6.45, 7) is 1.76. The van der Waals surface area contributed by atoms with Crippen LogP contribution in [0.1, 0.15) is 16.7 Å². The molecule has 106 valence electrons. The molecular weight excluding hydrogens is 317 g/mol. The van der Waals surface area contributed by atoms with Crippen molar-refractivity contribution in [1.29, 1.82) is 0 Å². The van der Waals surface area contributed by atoms with E-state index in [0.717, 1.165) is 0 Å². The van der Waals surface area contributed by atoms with Gasteiger partial charge in [-0.05, 0) is 29.7 Å². The molecule has 0 aliphatic rings. The van der Waals surface area contributed by atoms with Gasteiger partial charge in [-0.1, -0.05) is 41.9 Å². The molecule has 0 radical (unpaired) electrons. The molecule has 0 spiro atoms. The molecule has 20 heavy (non-hydrogen) atoms. The highest BCUT2D eigenvalue weighted by atomic mass is 35.5. The van der Waals surface area contributed by atoms with Gasteiger partial charge in [0.25, 0.3) is 0 Å². The third kappa shape index (κ3) is 3.32. The number of halogens is 2. The van der Waals surface area contributed by atoms with Gasteiger partial charge < -0.3 is 0 Å². The molecule has 0 amide bonds. The lowest BCUT2D eigenvalue weighted by atomic mass is 10.2. The Bertz CT molecular complexity index is 715. The molecule has 1 heterocycles. The van der Waals surface area contributed by atoms with Crippen LogP contribution in [0.3, 0.4) is 0 Å². The summed E-state index contributed by atoms with van der Waals surface area (Å²) < 4.78 is 24.7. The van der Waals surface area contributed by atoms with Crippen molar-refractivity contribution < 1.29 is 8.42 Å². The van der Waals surface area contributed by atoms with E-state index in [0.29, 0.717) is 16.7 Å². The first kappa shape index (κ1) is 15.3. The largest absolute Gasteiger partial charge is 0.224 e. The number of hydrogen-bond acceptors (Lipinski definition) is 3. The summed E-state index contributed by atoms with van der Waals surface area (Å²) >= 11 is 11.8. The Morgan fingerprint density at radius 1 is 1.20 bits per heavy atom. The highest BCUT2D eigenvalue weighted by Gasteiger charge is 2.19. The molecule has 2 rings (SSSR count). The van der Waals surface area contributed by atoms with Crippen molar-refractivity contribution in [1.82, 2.24) is 4.98 Å². The Kier molecular flexibility index (Phi) is 4.68. The van der Waals surface area contributed by atoms with Crippen LogP contribution in [0.25, 0.3) is 0 Å². The highest BCUT2D eigenvalue weighted by molar-refractivity contribution is 7.90. The Morgan fingerprint density at radius 2 is 1.85 bits per heavy atom. The molecular formula is C14H13Cl2NO2S. The third-order valence-corrected chi connectivity index (χ3v) is 5.18. The number of alkyl halides is 1. The number of hydrogen-bond donors (Lipinski definition) is 0. The Labute approximate surface area is 128 Å². The quantitative estimate of drug-likeness (QED) is 0.633. The van der Waals surface area contributed by atoms with Crippen molar-refractivity contribution in [2.75, 3.05) is 0 Å². The Hall–Kier alpha value is -1.10. The molecule has 0 N–H and O–H groups in total. The van der Waals surface area contributed by atoms with E-state index in [2.05, 4.69) is 4.98 Å². The van der Waals surface area contributed by atoms with Gasteiger partial charge in [0.1, 0.15) is 5.15 Å². The first-order valence-corrected chi connectivity index (χ1v) is 8.49. The van der Waals surface area contributed by atoms with Gasteiger partial charge >= 0.3 is 0 Å². The average molecular weight is 330 g/mol. The third-order valence-electron chi connectivity index (χ3n) is 2.96. The lowest BCUT2D eigenvalue weighted by molar-refractivity contribution is 0.591. The van der Waals surface area contributed by atoms with E-state index in [4.69, 9.17) is 23.2 Å². The van der Waals surface area contributed by atoms with Crippen molar-refractivity contribution in [2.24, 2.45) is 0 Å². The molecule has 0 saturated carbocycles. The van der Waals surface area contributed by atoms with Gasteiger partial charge in [0.05, 0.1) is 5.75 Å². The molecule has 0 aliphatic carbocycles. The molecule has 6 heteroatoms. The number of nitrogens with zero attached hydrogens (tertiary/aromatic N) is 1. The van der Waals surface area contributed by atoms with Crippen molar-refractivity contribution in [3.8, 4) is 0 Å². The topological polar surface area (TPSA) is 47.0 Å². The van der Waals surface area contributed by atoms with Gasteiger partial charge in [0.15, 0.2) is 14.9 Å². The second kappa shape index (κ2) is 6.12. The van der Waals surface area contributed by atoms with Crippen LogP contribution in [-0.4, -0.2) is 13.4 Å². The van der Waals surface area contributed by atoms with E-state index in [9.17, 15) is 8.42 Å². The maximum Gasteiger partial charge on any atom is 0.199 e. The molecule has 0 aliphatic heterocycles. The Balaban J connectivity index is 2.42. The van der Waals surface area contributed by atoms with Gasteiger partial charge in [-0.2, -0.15) is 0 Å². The fourth-order valence-corrected chi connectivity index (χ4v) is 3.64. The number of benzene rings is 1. The van der Waals surface area contributed by atoms with Crippen molar-refractivity contribution in [3.63, 3.8) is 0 Å². The zero-order valence-corrected chi connectivity index (χ0v) is 13.1. The molecule has 0 bridgehead atoms. The second-order valence-electron chi connectivity index (χ2n) is 4.41. The maximum absolute atomic E-state index is 12.4. The Morgan fingerprint density at radius 3 is 2.45 bits per heavy atom. The summed E-state index contributed by atoms with van der Waals surface area (Å²) in [5.41, 5.74) is 2.09. The van der Waals surface area contributed by atoms with E-state index >= 15 is 0 Å². The molecule has 1 aromatic carbocycles. The molecule has 1 aromatic heterocycles. The smallest absolute Gasteiger partial charge is 0.199 e. The number of sulfone groups is 1.